The molecule has 0 saturated carbocycles. The van der Waals surface area contributed by atoms with E-state index in [4.69, 9.17) is 11.5 Å². The van der Waals surface area contributed by atoms with Crippen LogP contribution in [0.4, 0.5) is 22.7 Å². The average Bonchev–Trinajstić information content (AvgIpc) is 2.74. The molecule has 4 rings (SSSR count). The number of anilines is 4. The van der Waals surface area contributed by atoms with Crippen molar-refractivity contribution >= 4 is 22.7 Å². The quantitative estimate of drug-likeness (QED) is 0.472. The first kappa shape index (κ1) is 17.7. The maximum Gasteiger partial charge on any atom is 0.0848 e. The largest absolute Gasteiger partial charge is 0.399 e. The summed E-state index contributed by atoms with van der Waals surface area (Å²) in [6.45, 7) is 0. The van der Waals surface area contributed by atoms with Gasteiger partial charge < -0.3 is 22.1 Å². The Bertz CT molecular complexity index is 989. The van der Waals surface area contributed by atoms with Gasteiger partial charge in [-0.2, -0.15) is 0 Å². The van der Waals surface area contributed by atoms with Gasteiger partial charge in [-0.05, 0) is 66.6 Å². The number of hydrogen-bond donors (Lipinski definition) is 4. The van der Waals surface area contributed by atoms with Crippen molar-refractivity contribution < 1.29 is 0 Å². The molecule has 0 fully saturated rings. The average molecular weight is 368 g/mol. The summed E-state index contributed by atoms with van der Waals surface area (Å²) in [7, 11) is 0. The van der Waals surface area contributed by atoms with Crippen LogP contribution in [0.25, 0.3) is 0 Å². The molecule has 0 saturated heterocycles. The zero-order chi connectivity index (χ0) is 19.4. The van der Waals surface area contributed by atoms with E-state index in [1.165, 1.54) is 5.56 Å². The molecule has 28 heavy (non-hydrogen) atoms. The van der Waals surface area contributed by atoms with Gasteiger partial charge in [-0.25, -0.2) is 0 Å². The Balaban J connectivity index is 1.59. The predicted octanol–water partition coefficient (Wildman–Crippen LogP) is 5.11. The monoisotopic (exact) mass is 368 g/mol. The van der Waals surface area contributed by atoms with Crippen molar-refractivity contribution in [2.75, 3.05) is 22.1 Å². The van der Waals surface area contributed by atoms with Gasteiger partial charge in [-0.3, -0.25) is 0 Å². The summed E-state index contributed by atoms with van der Waals surface area (Å²) in [5.41, 5.74) is 17.1. The van der Waals surface area contributed by atoms with E-state index < -0.39 is 0 Å². The molecule has 0 spiro atoms. The van der Waals surface area contributed by atoms with Crippen LogP contribution in [0.1, 0.15) is 12.0 Å². The highest BCUT2D eigenvalue weighted by Gasteiger charge is 2.30. The van der Waals surface area contributed by atoms with E-state index >= 15 is 0 Å². The molecule has 0 aromatic heterocycles. The van der Waals surface area contributed by atoms with E-state index in [0.29, 0.717) is 0 Å². The van der Waals surface area contributed by atoms with Crippen LogP contribution >= 0.6 is 0 Å². The van der Waals surface area contributed by atoms with E-state index in [1.807, 2.05) is 54.6 Å². The van der Waals surface area contributed by atoms with E-state index in [1.54, 1.807) is 0 Å². The number of allylic oxidation sites excluding steroid dienone is 1. The SMILES string of the molecule is Nc1ccc(NC2=CCC(Nc3ccc(N)cc3)(c3ccccc3)C=C2)cc1. The number of nitrogens with two attached hydrogens (primary N) is 2. The summed E-state index contributed by atoms with van der Waals surface area (Å²) >= 11 is 0. The summed E-state index contributed by atoms with van der Waals surface area (Å²) in [5.74, 6) is 0. The van der Waals surface area contributed by atoms with Gasteiger partial charge in [-0.1, -0.05) is 42.5 Å². The summed E-state index contributed by atoms with van der Waals surface area (Å²) in [6.07, 6.45) is 7.37. The van der Waals surface area contributed by atoms with Crippen molar-refractivity contribution in [2.24, 2.45) is 0 Å². The van der Waals surface area contributed by atoms with Crippen molar-refractivity contribution in [3.63, 3.8) is 0 Å². The molecular formula is C24H24N4. The topological polar surface area (TPSA) is 76.1 Å². The Labute approximate surface area is 165 Å². The van der Waals surface area contributed by atoms with Crippen LogP contribution in [0.15, 0.2) is 103 Å². The van der Waals surface area contributed by atoms with Gasteiger partial charge in [0, 0.05) is 28.4 Å². The fourth-order valence-electron chi connectivity index (χ4n) is 3.40. The number of nitrogens with one attached hydrogen (secondary N) is 2. The van der Waals surface area contributed by atoms with Crippen LogP contribution in [0.3, 0.4) is 0 Å². The van der Waals surface area contributed by atoms with E-state index in [2.05, 4.69) is 53.1 Å². The lowest BCUT2D eigenvalue weighted by Crippen LogP contribution is -2.34. The van der Waals surface area contributed by atoms with Gasteiger partial charge in [0.2, 0.25) is 0 Å². The van der Waals surface area contributed by atoms with Crippen molar-refractivity contribution in [2.45, 2.75) is 12.0 Å². The first-order chi connectivity index (χ1) is 13.6. The molecule has 1 aliphatic carbocycles. The van der Waals surface area contributed by atoms with Gasteiger partial charge in [-0.15, -0.1) is 0 Å². The third-order valence-electron chi connectivity index (χ3n) is 4.96. The molecule has 4 nitrogen and oxygen atoms in total. The lowest BCUT2D eigenvalue weighted by atomic mass is 9.83. The summed E-state index contributed by atoms with van der Waals surface area (Å²) in [5, 5.41) is 7.14. The Hall–Kier alpha value is -3.66. The molecule has 140 valence electrons. The van der Waals surface area contributed by atoms with Gasteiger partial charge in [0.1, 0.15) is 0 Å². The molecule has 3 aromatic carbocycles. The molecule has 1 aliphatic rings. The van der Waals surface area contributed by atoms with Crippen molar-refractivity contribution in [3.05, 3.63) is 108 Å². The van der Waals surface area contributed by atoms with E-state index in [-0.39, 0.29) is 5.54 Å². The molecular weight excluding hydrogens is 344 g/mol. The third-order valence-corrected chi connectivity index (χ3v) is 4.96. The smallest absolute Gasteiger partial charge is 0.0848 e. The standard InChI is InChI=1S/C24H24N4/c25-19-6-10-21(11-7-19)27-22-14-16-24(17-15-22,18-4-2-1-3-5-18)28-23-12-8-20(26)9-13-23/h1-16,27-28H,17,25-26H2. The van der Waals surface area contributed by atoms with Crippen LogP contribution < -0.4 is 22.1 Å². The minimum Gasteiger partial charge on any atom is -0.399 e. The summed E-state index contributed by atoms with van der Waals surface area (Å²) < 4.78 is 0. The molecule has 1 unspecified atom stereocenters. The highest BCUT2D eigenvalue weighted by atomic mass is 15.0. The molecule has 3 aromatic rings. The first-order valence-corrected chi connectivity index (χ1v) is 9.34. The fourth-order valence-corrected chi connectivity index (χ4v) is 3.40. The second-order valence-corrected chi connectivity index (χ2v) is 7.03. The zero-order valence-electron chi connectivity index (χ0n) is 15.6. The predicted molar refractivity (Wildman–Crippen MR) is 119 cm³/mol. The number of benzene rings is 3. The Morgan fingerprint density at radius 3 is 1.89 bits per heavy atom. The van der Waals surface area contributed by atoms with E-state index in [9.17, 15) is 0 Å². The van der Waals surface area contributed by atoms with Crippen LogP contribution in [-0.2, 0) is 5.54 Å². The Morgan fingerprint density at radius 2 is 1.32 bits per heavy atom. The minimum absolute atomic E-state index is 0.316. The first-order valence-electron chi connectivity index (χ1n) is 9.34. The van der Waals surface area contributed by atoms with Gasteiger partial charge in [0.15, 0.2) is 0 Å². The molecule has 0 amide bonds. The lowest BCUT2D eigenvalue weighted by molar-refractivity contribution is 0.615. The Kier molecular flexibility index (Phi) is 4.77. The second kappa shape index (κ2) is 7.53. The maximum absolute atomic E-state index is 5.84. The second-order valence-electron chi connectivity index (χ2n) is 7.03. The van der Waals surface area contributed by atoms with Crippen molar-refractivity contribution in [3.8, 4) is 0 Å². The van der Waals surface area contributed by atoms with Crippen molar-refractivity contribution in [1.29, 1.82) is 0 Å². The molecule has 0 bridgehead atoms. The molecule has 0 aliphatic heterocycles. The molecule has 4 heteroatoms. The lowest BCUT2D eigenvalue weighted by Gasteiger charge is -2.35. The van der Waals surface area contributed by atoms with Crippen LogP contribution in [0, 0.1) is 0 Å². The molecule has 0 heterocycles. The molecule has 1 atom stereocenters. The zero-order valence-corrected chi connectivity index (χ0v) is 15.6. The van der Waals surface area contributed by atoms with Crippen LogP contribution in [0.5, 0.6) is 0 Å². The highest BCUT2D eigenvalue weighted by Crippen LogP contribution is 2.35. The Morgan fingerprint density at radius 1 is 0.714 bits per heavy atom. The summed E-state index contributed by atoms with van der Waals surface area (Å²) in [4.78, 5) is 0. The van der Waals surface area contributed by atoms with E-state index in [0.717, 1.165) is 34.9 Å². The normalized spacial score (nSPS) is 18.4. The van der Waals surface area contributed by atoms with Crippen LogP contribution in [0.2, 0.25) is 0 Å². The summed E-state index contributed by atoms with van der Waals surface area (Å²) in [6, 6.07) is 26.1. The highest BCUT2D eigenvalue weighted by molar-refractivity contribution is 5.59. The fraction of sp³-hybridized carbons (Fsp3) is 0.0833. The number of hydrogen-bond acceptors (Lipinski definition) is 4. The maximum atomic E-state index is 5.84. The minimum atomic E-state index is -0.316. The third kappa shape index (κ3) is 3.86. The number of rotatable bonds is 5. The number of nitrogen functional groups attached to an aromatic ring is 2. The molecule has 0 radical (unpaired) electrons. The van der Waals surface area contributed by atoms with Gasteiger partial charge in [0.25, 0.3) is 0 Å². The van der Waals surface area contributed by atoms with Gasteiger partial charge in [0.05, 0.1) is 5.54 Å². The van der Waals surface area contributed by atoms with Crippen LogP contribution in [-0.4, -0.2) is 0 Å². The van der Waals surface area contributed by atoms with Gasteiger partial charge >= 0.3 is 0 Å². The van der Waals surface area contributed by atoms with Crippen molar-refractivity contribution in [1.82, 2.24) is 0 Å². The molecule has 6 N–H and O–H groups in total.